The Morgan fingerprint density at radius 3 is 2.54 bits per heavy atom. The molecule has 2 rings (SSSR count). The van der Waals surface area contributed by atoms with E-state index in [4.69, 9.17) is 23.2 Å². The van der Waals surface area contributed by atoms with Crippen molar-refractivity contribution in [1.82, 2.24) is 9.88 Å². The third-order valence-corrected chi connectivity index (χ3v) is 4.15. The molecule has 1 aromatic carbocycles. The molecule has 0 aliphatic carbocycles. The Morgan fingerprint density at radius 2 is 1.92 bits per heavy atom. The lowest BCUT2D eigenvalue weighted by Crippen LogP contribution is -2.40. The van der Waals surface area contributed by atoms with Crippen molar-refractivity contribution in [2.45, 2.75) is 20.3 Å². The smallest absolute Gasteiger partial charge is 0.260 e. The van der Waals surface area contributed by atoms with Crippen LogP contribution >= 0.6 is 23.2 Å². The molecule has 0 spiro atoms. The minimum absolute atomic E-state index is 0.00127. The lowest BCUT2D eigenvalue weighted by Gasteiger charge is -2.21. The zero-order chi connectivity index (χ0) is 19.3. The number of rotatable bonds is 6. The fourth-order valence-electron chi connectivity index (χ4n) is 2.39. The Hall–Kier alpha value is -2.31. The number of nitrogens with zero attached hydrogens (tertiary/aromatic N) is 1. The van der Waals surface area contributed by atoms with E-state index in [1.54, 1.807) is 25.1 Å². The number of benzene rings is 1. The number of aromatic nitrogens is 1. The minimum atomic E-state index is -0.495. The van der Waals surface area contributed by atoms with E-state index < -0.39 is 17.4 Å². The number of nitrogens with one attached hydrogen (secondary N) is 2. The molecule has 2 amide bonds. The molecule has 0 saturated carbocycles. The van der Waals surface area contributed by atoms with Gasteiger partial charge in [0.05, 0.1) is 10.7 Å². The van der Waals surface area contributed by atoms with Crippen LogP contribution in [0.1, 0.15) is 29.4 Å². The normalized spacial score (nSPS) is 10.5. The number of aromatic amines is 1. The van der Waals surface area contributed by atoms with Crippen LogP contribution in [0, 0.1) is 6.92 Å². The maximum absolute atomic E-state index is 12.6. The molecular formula is C18H19Cl2N3O3. The van der Waals surface area contributed by atoms with E-state index in [-0.39, 0.29) is 12.1 Å². The van der Waals surface area contributed by atoms with Gasteiger partial charge in [0.2, 0.25) is 5.91 Å². The molecule has 0 aliphatic heterocycles. The molecule has 2 N–H and O–H groups in total. The molecule has 138 valence electrons. The summed E-state index contributed by atoms with van der Waals surface area (Å²) >= 11 is 11.9. The molecule has 0 bridgehead atoms. The van der Waals surface area contributed by atoms with Gasteiger partial charge in [-0.1, -0.05) is 30.1 Å². The first-order valence-corrected chi connectivity index (χ1v) is 8.81. The Bertz CT molecular complexity index is 880. The summed E-state index contributed by atoms with van der Waals surface area (Å²) in [6.45, 7) is 3.75. The number of H-pyrrole nitrogens is 1. The van der Waals surface area contributed by atoms with Gasteiger partial charge in [-0.2, -0.15) is 0 Å². The van der Waals surface area contributed by atoms with Gasteiger partial charge in [-0.25, -0.2) is 0 Å². The van der Waals surface area contributed by atoms with Gasteiger partial charge in [-0.15, -0.1) is 0 Å². The summed E-state index contributed by atoms with van der Waals surface area (Å²) in [5.74, 6) is -0.912. The van der Waals surface area contributed by atoms with Crippen LogP contribution < -0.4 is 10.9 Å². The van der Waals surface area contributed by atoms with E-state index in [9.17, 15) is 14.4 Å². The summed E-state index contributed by atoms with van der Waals surface area (Å²) in [7, 11) is 0. The average molecular weight is 396 g/mol. The highest BCUT2D eigenvalue weighted by Crippen LogP contribution is 2.25. The minimum Gasteiger partial charge on any atom is -0.329 e. The second-order valence-corrected chi connectivity index (χ2v) is 6.63. The average Bonchev–Trinajstić information content (AvgIpc) is 2.56. The first-order valence-electron chi connectivity index (χ1n) is 8.06. The molecule has 0 radical (unpaired) electrons. The zero-order valence-corrected chi connectivity index (χ0v) is 15.9. The molecular weight excluding hydrogens is 377 g/mol. The van der Waals surface area contributed by atoms with Gasteiger partial charge in [-0.3, -0.25) is 14.4 Å². The van der Waals surface area contributed by atoms with Crippen molar-refractivity contribution in [3.8, 4) is 0 Å². The summed E-state index contributed by atoms with van der Waals surface area (Å²) < 4.78 is 0. The standard InChI is InChI=1S/C18H19Cl2N3O3/c1-3-8-23(18(26)13-6-4-11(2)21-17(13)25)10-16(24)22-15-7-5-12(19)9-14(15)20/h4-7,9H,3,8,10H2,1-2H3,(H,21,25)(H,22,24). The largest absolute Gasteiger partial charge is 0.329 e. The van der Waals surface area contributed by atoms with Gasteiger partial charge in [0, 0.05) is 17.3 Å². The van der Waals surface area contributed by atoms with Crippen LogP contribution in [0.3, 0.4) is 0 Å². The first-order chi connectivity index (χ1) is 12.3. The molecule has 8 heteroatoms. The van der Waals surface area contributed by atoms with E-state index >= 15 is 0 Å². The Kier molecular flexibility index (Phi) is 6.83. The Balaban J connectivity index is 2.15. The molecule has 2 aromatic rings. The van der Waals surface area contributed by atoms with E-state index in [1.165, 1.54) is 17.0 Å². The van der Waals surface area contributed by atoms with E-state index in [0.717, 1.165) is 0 Å². The number of halogens is 2. The van der Waals surface area contributed by atoms with Gasteiger partial charge in [0.15, 0.2) is 0 Å². The summed E-state index contributed by atoms with van der Waals surface area (Å²) in [5, 5.41) is 3.40. The predicted octanol–water partition coefficient (Wildman–Crippen LogP) is 3.48. The molecule has 0 unspecified atom stereocenters. The maximum atomic E-state index is 12.6. The van der Waals surface area contributed by atoms with Gasteiger partial charge >= 0.3 is 0 Å². The van der Waals surface area contributed by atoms with Crippen LogP contribution in [0.2, 0.25) is 10.0 Å². The number of hydrogen-bond acceptors (Lipinski definition) is 3. The number of carbonyl (C=O) groups excluding carboxylic acids is 2. The highest BCUT2D eigenvalue weighted by molar-refractivity contribution is 6.36. The van der Waals surface area contributed by atoms with Crippen molar-refractivity contribution in [3.63, 3.8) is 0 Å². The number of amides is 2. The lowest BCUT2D eigenvalue weighted by molar-refractivity contribution is -0.116. The summed E-state index contributed by atoms with van der Waals surface area (Å²) in [5.41, 5.74) is 0.584. The molecule has 1 aromatic heterocycles. The van der Waals surface area contributed by atoms with Crippen LogP contribution in [0.15, 0.2) is 35.1 Å². The van der Waals surface area contributed by atoms with E-state index in [2.05, 4.69) is 10.3 Å². The molecule has 0 aliphatic rings. The maximum Gasteiger partial charge on any atom is 0.260 e. The zero-order valence-electron chi connectivity index (χ0n) is 14.4. The number of aryl methyl sites for hydroxylation is 1. The van der Waals surface area contributed by atoms with Crippen molar-refractivity contribution < 1.29 is 9.59 Å². The highest BCUT2D eigenvalue weighted by Gasteiger charge is 2.21. The van der Waals surface area contributed by atoms with Crippen molar-refractivity contribution in [2.75, 3.05) is 18.4 Å². The molecule has 1 heterocycles. The van der Waals surface area contributed by atoms with Crippen molar-refractivity contribution in [3.05, 3.63) is 62.0 Å². The van der Waals surface area contributed by atoms with Gasteiger partial charge < -0.3 is 15.2 Å². The number of carbonyl (C=O) groups is 2. The summed E-state index contributed by atoms with van der Waals surface area (Å²) in [6.07, 6.45) is 0.643. The van der Waals surface area contributed by atoms with E-state index in [0.29, 0.717) is 34.4 Å². The topological polar surface area (TPSA) is 82.3 Å². The number of anilines is 1. The summed E-state index contributed by atoms with van der Waals surface area (Å²) in [4.78, 5) is 40.9. The van der Waals surface area contributed by atoms with Crippen LogP contribution in [0.25, 0.3) is 0 Å². The lowest BCUT2D eigenvalue weighted by atomic mass is 10.2. The fourth-order valence-corrected chi connectivity index (χ4v) is 2.84. The van der Waals surface area contributed by atoms with Crippen LogP contribution in [-0.2, 0) is 4.79 Å². The molecule has 6 nitrogen and oxygen atoms in total. The van der Waals surface area contributed by atoms with Crippen LogP contribution in [0.5, 0.6) is 0 Å². The quantitative estimate of drug-likeness (QED) is 0.785. The van der Waals surface area contributed by atoms with Crippen molar-refractivity contribution >= 4 is 40.7 Å². The number of pyridine rings is 1. The third kappa shape index (κ3) is 5.09. The number of hydrogen-bond donors (Lipinski definition) is 2. The van der Waals surface area contributed by atoms with Crippen molar-refractivity contribution in [1.29, 1.82) is 0 Å². The predicted molar refractivity (Wildman–Crippen MR) is 103 cm³/mol. The van der Waals surface area contributed by atoms with E-state index in [1.807, 2.05) is 6.92 Å². The highest BCUT2D eigenvalue weighted by atomic mass is 35.5. The van der Waals surface area contributed by atoms with Gasteiger partial charge in [0.1, 0.15) is 12.1 Å². The van der Waals surface area contributed by atoms with Gasteiger partial charge in [-0.05, 0) is 43.7 Å². The molecule has 0 saturated heterocycles. The Morgan fingerprint density at radius 1 is 1.19 bits per heavy atom. The van der Waals surface area contributed by atoms with Gasteiger partial charge in [0.25, 0.3) is 11.5 Å². The second-order valence-electron chi connectivity index (χ2n) is 5.78. The van der Waals surface area contributed by atoms with Crippen LogP contribution in [-0.4, -0.2) is 34.8 Å². The fraction of sp³-hybridized carbons (Fsp3) is 0.278. The summed E-state index contributed by atoms with van der Waals surface area (Å²) in [6, 6.07) is 7.81. The van der Waals surface area contributed by atoms with Crippen LogP contribution in [0.4, 0.5) is 5.69 Å². The van der Waals surface area contributed by atoms with Crippen molar-refractivity contribution in [2.24, 2.45) is 0 Å². The first kappa shape index (κ1) is 20.0. The molecule has 26 heavy (non-hydrogen) atoms. The second kappa shape index (κ2) is 8.87. The third-order valence-electron chi connectivity index (χ3n) is 3.61. The molecule has 0 atom stereocenters. The monoisotopic (exact) mass is 395 g/mol. The molecule has 0 fully saturated rings. The SMILES string of the molecule is CCCN(CC(=O)Nc1ccc(Cl)cc1Cl)C(=O)c1ccc(C)[nH]c1=O. The Labute approximate surface area is 161 Å².